The molecule has 1 aliphatic rings. The number of carboxylic acid groups (broad SMARTS) is 1. The average Bonchev–Trinajstić information content (AvgIpc) is 0.791. The minimum atomic E-state index is -1.21. The van der Waals surface area contributed by atoms with Crippen LogP contribution in [-0.4, -0.2) is 110 Å². The average molecular weight is 1290 g/mol. The third-order valence-corrected chi connectivity index (χ3v) is 14.8. The van der Waals surface area contributed by atoms with E-state index in [1.807, 2.05) is 50.2 Å². The van der Waals surface area contributed by atoms with Crippen LogP contribution in [0.5, 0.6) is 11.5 Å². The summed E-state index contributed by atoms with van der Waals surface area (Å²) in [5, 5.41) is 20.9. The number of Topliss-reactive ketones (excluding diaryl/α,β-unsaturated/α-hetero) is 3. The number of carbonyl (C=O) groups excluding carboxylic acids is 6. The van der Waals surface area contributed by atoms with Crippen LogP contribution in [0.15, 0.2) is 91.0 Å². The Labute approximate surface area is 578 Å². The van der Waals surface area contributed by atoms with Crippen LogP contribution in [0.1, 0.15) is 187 Å². The molecule has 6 rings (SSSR count). The number of ether oxygens (including phenoxy) is 3. The van der Waals surface area contributed by atoms with Crippen LogP contribution < -0.4 is 61.5 Å². The van der Waals surface area contributed by atoms with Gasteiger partial charge in [-0.05, 0) is 166 Å². The summed E-state index contributed by atoms with van der Waals surface area (Å²) in [6.07, 6.45) is 5.36. The molecule has 1 aliphatic heterocycles. The van der Waals surface area contributed by atoms with Crippen molar-refractivity contribution in [3.63, 3.8) is 0 Å². The standard InChI is InChI=1S/C47H58N6O7.C14H16O2.C13H14O2.CH4.Na.H2O/c1-5-6-7-9-32-11-14-36(30(2)24-32)41(55)29-35(17-19-49)47(58)53(4)45-34-13-16-44(60-23-21-51)38(28-34)37-26-33(12-15-43(37)59-22-20-50)27-39(40(54)10-8-18-48)52-46(57)31(3)25-42(45)56;1-4-5-6-7-12-8-9-13(11(2)10-12)14(15)16-3;1-3-4-5-6-11-7-8-12(13(14)15)10(2)9-11;;;/h11-16,24,26,28,31,35,39,45H,5-6,8,10,17,19-23,25,27,29,49-51H2,1-4H3,(H,52,57);8-10H,4-5H2,1-3H3;7-9H,3-4H2,1-2H3,(H,14,15);1H4;;1H2/q;;;;+1;/p-1/t31-,35-,39+,45+;;;;;/m1...../s1. The number of unbranched alkanes of at least 4 members (excludes halogenated alkanes) is 3. The number of methoxy groups -OCH3 is 1. The van der Waals surface area contributed by atoms with Gasteiger partial charge >= 0.3 is 41.5 Å². The van der Waals surface area contributed by atoms with Crippen LogP contribution >= 0.6 is 0 Å². The number of hydrogen-bond acceptors (Lipinski definition) is 15. The van der Waals surface area contributed by atoms with Crippen molar-refractivity contribution in [3.8, 4) is 64.2 Å². The summed E-state index contributed by atoms with van der Waals surface area (Å²) >= 11 is 0. The number of aryl methyl sites for hydroxylation is 3. The second-order valence-electron chi connectivity index (χ2n) is 22.1. The maximum absolute atomic E-state index is 14.6. The molecule has 94 heavy (non-hydrogen) atoms. The van der Waals surface area contributed by atoms with E-state index in [1.165, 1.54) is 19.1 Å². The topological polar surface area (TPSA) is 315 Å². The van der Waals surface area contributed by atoms with E-state index in [1.54, 1.807) is 74.5 Å². The van der Waals surface area contributed by atoms with Crippen molar-refractivity contribution >= 4 is 41.1 Å². The van der Waals surface area contributed by atoms with Crippen molar-refractivity contribution < 1.29 is 87.9 Å². The Morgan fingerprint density at radius 3 is 1.63 bits per heavy atom. The summed E-state index contributed by atoms with van der Waals surface area (Å²) in [6.45, 7) is 14.2. The van der Waals surface area contributed by atoms with E-state index in [-0.39, 0.29) is 131 Å². The first-order valence-corrected chi connectivity index (χ1v) is 31.0. The van der Waals surface area contributed by atoms with Crippen molar-refractivity contribution in [2.24, 2.45) is 29.0 Å². The Balaban J connectivity index is 0.00000106. The summed E-state index contributed by atoms with van der Waals surface area (Å²) in [6, 6.07) is 26.4. The number of ketones is 3. The second-order valence-corrected chi connectivity index (χ2v) is 22.1. The number of nitriles is 1. The van der Waals surface area contributed by atoms with Crippen molar-refractivity contribution in [3.05, 3.63) is 152 Å². The number of fused-ring (bicyclic) bond motifs is 5. The number of nitrogens with two attached hydrogens (primary N) is 3. The zero-order chi connectivity index (χ0) is 67.0. The SMILES string of the molecule is C.CCCC#Cc1ccc(C(=O)C[C@@H](CCN)C(=O)N(C)[C@@H]2C(=O)C[C@@H](C)C(=O)N[C@H](C(=O)CCC#N)Cc3ccc(OCCN)c(c3)-c3cc2ccc3OCCN)c(C)c1.CCCC#Cc1ccc(C(=O)O)c(C)c1.CCCC#Cc1ccc(C(=O)OC)c(C)c1.[Na+].[OH-]. The summed E-state index contributed by atoms with van der Waals surface area (Å²) < 4.78 is 16.9. The Bertz CT molecular complexity index is 3620. The number of hydrogen-bond donors (Lipinski definition) is 5. The van der Waals surface area contributed by atoms with Gasteiger partial charge in [-0.3, -0.25) is 24.0 Å². The van der Waals surface area contributed by atoms with Crippen LogP contribution in [0.3, 0.4) is 0 Å². The number of nitrogens with zero attached hydrogens (tertiary/aromatic N) is 2. The molecule has 4 atom stereocenters. The third kappa shape index (κ3) is 25.8. The largest absolute Gasteiger partial charge is 1.00 e. The second kappa shape index (κ2) is 44.2. The van der Waals surface area contributed by atoms with Gasteiger partial charge < -0.3 is 52.2 Å². The fraction of sp³-hybridized carbons (Fsp3) is 0.413. The molecule has 2 amide bonds. The van der Waals surface area contributed by atoms with Gasteiger partial charge in [-0.2, -0.15) is 5.26 Å². The van der Waals surface area contributed by atoms with Crippen molar-refractivity contribution in [2.75, 3.05) is 47.0 Å². The minimum absolute atomic E-state index is 0. The minimum Gasteiger partial charge on any atom is -0.870 e. The van der Waals surface area contributed by atoms with E-state index in [2.05, 4.69) is 66.3 Å². The third-order valence-electron chi connectivity index (χ3n) is 14.8. The monoisotopic (exact) mass is 1290 g/mol. The molecule has 0 saturated heterocycles. The first kappa shape index (κ1) is 83.6. The fourth-order valence-corrected chi connectivity index (χ4v) is 9.96. The number of amides is 2. The molecule has 0 aromatic heterocycles. The van der Waals surface area contributed by atoms with Gasteiger partial charge in [-0.15, -0.1) is 0 Å². The molecule has 19 heteroatoms. The molecule has 4 bridgehead atoms. The predicted octanol–water partition coefficient (Wildman–Crippen LogP) is 7.98. The molecule has 0 spiro atoms. The molecule has 5 aromatic rings. The van der Waals surface area contributed by atoms with Gasteiger partial charge in [0.1, 0.15) is 30.8 Å². The quantitative estimate of drug-likeness (QED) is 0.0201. The van der Waals surface area contributed by atoms with Crippen LogP contribution in [0, 0.1) is 79.5 Å². The summed E-state index contributed by atoms with van der Waals surface area (Å²) in [5.41, 5.74) is 26.3. The van der Waals surface area contributed by atoms with E-state index in [0.29, 0.717) is 50.4 Å². The number of carboxylic acids is 1. The van der Waals surface area contributed by atoms with Gasteiger partial charge in [0, 0.05) is 110 Å². The smallest absolute Gasteiger partial charge is 0.870 e. The first-order valence-electron chi connectivity index (χ1n) is 31.0. The van der Waals surface area contributed by atoms with Gasteiger partial charge in [0.25, 0.3) is 0 Å². The van der Waals surface area contributed by atoms with Crippen LogP contribution in [0.4, 0.5) is 0 Å². The Morgan fingerprint density at radius 2 is 1.17 bits per heavy atom. The zero-order valence-electron chi connectivity index (χ0n) is 55.6. The number of aromatic carboxylic acids is 1. The maximum atomic E-state index is 14.6. The predicted molar refractivity (Wildman–Crippen MR) is 363 cm³/mol. The van der Waals surface area contributed by atoms with Gasteiger partial charge in [0.2, 0.25) is 11.8 Å². The molecule has 0 fully saturated rings. The molecular weight excluding hydrogens is 1200 g/mol. The number of carbonyl (C=O) groups is 7. The van der Waals surface area contributed by atoms with Crippen LogP contribution in [0.2, 0.25) is 0 Å². The molecule has 496 valence electrons. The van der Waals surface area contributed by atoms with Crippen LogP contribution in [0.25, 0.3) is 11.1 Å². The molecule has 0 radical (unpaired) electrons. The maximum Gasteiger partial charge on any atom is 1.00 e. The van der Waals surface area contributed by atoms with Gasteiger partial charge in [-0.1, -0.05) is 82.8 Å². The fourth-order valence-electron chi connectivity index (χ4n) is 9.96. The van der Waals surface area contributed by atoms with Gasteiger partial charge in [-0.25, -0.2) is 9.59 Å². The van der Waals surface area contributed by atoms with Crippen LogP contribution in [-0.2, 0) is 30.3 Å². The molecule has 5 aromatic carbocycles. The number of nitrogens with one attached hydrogen (secondary N) is 1. The van der Waals surface area contributed by atoms with E-state index in [0.717, 1.165) is 71.9 Å². The molecule has 9 N–H and O–H groups in total. The Morgan fingerprint density at radius 1 is 0.681 bits per heavy atom. The normalized spacial score (nSPS) is 13.8. The van der Waals surface area contributed by atoms with Crippen molar-refractivity contribution in [1.29, 1.82) is 5.26 Å². The molecular formula is C75H93N6NaO12. The Kier molecular flexibility index (Phi) is 39.4. The number of benzene rings is 5. The van der Waals surface area contributed by atoms with Crippen molar-refractivity contribution in [2.45, 2.75) is 145 Å². The summed E-state index contributed by atoms with van der Waals surface area (Å²) in [7, 11) is 2.90. The van der Waals surface area contributed by atoms with E-state index in [4.69, 9.17) is 31.8 Å². The number of esters is 1. The van der Waals surface area contributed by atoms with E-state index in [9.17, 15) is 38.8 Å². The van der Waals surface area contributed by atoms with E-state index < -0.39 is 47.5 Å². The van der Waals surface area contributed by atoms with Crippen molar-refractivity contribution in [1.82, 2.24) is 10.2 Å². The molecule has 0 aliphatic carbocycles. The van der Waals surface area contributed by atoms with Gasteiger partial charge in [0.05, 0.1) is 30.3 Å². The molecule has 1 heterocycles. The molecule has 0 saturated carbocycles. The molecule has 0 unspecified atom stereocenters. The number of rotatable bonds is 21. The first-order chi connectivity index (χ1) is 43.7. The molecule has 18 nitrogen and oxygen atoms in total. The van der Waals surface area contributed by atoms with E-state index >= 15 is 0 Å². The van der Waals surface area contributed by atoms with Gasteiger partial charge in [0.15, 0.2) is 17.3 Å². The zero-order valence-corrected chi connectivity index (χ0v) is 57.6. The summed E-state index contributed by atoms with van der Waals surface area (Å²) in [5.74, 6) is 14.3. The Hall–Kier alpha value is -8.40. The summed E-state index contributed by atoms with van der Waals surface area (Å²) in [4.78, 5) is 93.7. The number of likely N-dealkylation sites (N-methyl/N-ethyl adjacent to an activating group) is 1.